The van der Waals surface area contributed by atoms with E-state index in [-0.39, 0.29) is 18.3 Å². The molecule has 3 heterocycles. The second-order valence-corrected chi connectivity index (χ2v) is 8.62. The fourth-order valence-corrected chi connectivity index (χ4v) is 4.30. The number of rotatable bonds is 6. The summed E-state index contributed by atoms with van der Waals surface area (Å²) in [5, 5.41) is 8.10. The number of carbonyl (C=O) groups is 1. The average Bonchev–Trinajstić information content (AvgIpc) is 3.18. The van der Waals surface area contributed by atoms with Gasteiger partial charge >= 0.3 is 0 Å². The predicted octanol–water partition coefficient (Wildman–Crippen LogP) is 0.631. The Kier molecular flexibility index (Phi) is 5.33. The highest BCUT2D eigenvalue weighted by Crippen LogP contribution is 2.26. The van der Waals surface area contributed by atoms with Crippen LogP contribution in [0.2, 0.25) is 0 Å². The maximum atomic E-state index is 13.1. The Labute approximate surface area is 158 Å². The molecule has 1 aliphatic rings. The van der Waals surface area contributed by atoms with Gasteiger partial charge in [0.25, 0.3) is 0 Å². The number of hydrogen-bond acceptors (Lipinski definition) is 7. The second-order valence-electron chi connectivity index (χ2n) is 6.68. The van der Waals surface area contributed by atoms with Gasteiger partial charge in [-0.05, 0) is 19.8 Å². The lowest BCUT2D eigenvalue weighted by atomic mass is 10.0. The number of amides is 1. The zero-order chi connectivity index (χ0) is 19.8. The van der Waals surface area contributed by atoms with E-state index in [1.807, 2.05) is 19.9 Å². The minimum atomic E-state index is -3.66. The smallest absolute Gasteiger partial charge is 0.246 e. The SMILES string of the molecule is CCc1nc(CN([C@@H]2CCCN(c3cc(C)nn3C)C2=O)S(C)(=O)=O)no1. The lowest BCUT2D eigenvalue weighted by molar-refractivity contribution is -0.123. The van der Waals surface area contributed by atoms with Crippen LogP contribution in [0.4, 0.5) is 5.82 Å². The maximum absolute atomic E-state index is 13.1. The summed E-state index contributed by atoms with van der Waals surface area (Å²) in [7, 11) is -1.90. The van der Waals surface area contributed by atoms with Gasteiger partial charge < -0.3 is 4.52 Å². The number of hydrogen-bond donors (Lipinski definition) is 0. The van der Waals surface area contributed by atoms with Crippen LogP contribution in [0, 0.1) is 6.92 Å². The number of sulfonamides is 1. The Morgan fingerprint density at radius 2 is 2.15 bits per heavy atom. The van der Waals surface area contributed by atoms with Crippen molar-refractivity contribution in [2.45, 2.75) is 45.7 Å². The standard InChI is InChI=1S/C16H24N6O4S/c1-5-14-17-13(19-26-14)10-22(27(4,24)25)12-7-6-8-21(16(12)23)15-9-11(2)18-20(15)3/h9,12H,5-8,10H2,1-4H3/t12-/m1/s1. The summed E-state index contributed by atoms with van der Waals surface area (Å²) in [4.78, 5) is 18.9. The van der Waals surface area contributed by atoms with Gasteiger partial charge in [0, 0.05) is 26.1 Å². The van der Waals surface area contributed by atoms with Crippen molar-refractivity contribution in [1.29, 1.82) is 0 Å². The third-order valence-corrected chi connectivity index (χ3v) is 5.78. The highest BCUT2D eigenvalue weighted by molar-refractivity contribution is 7.88. The summed E-state index contributed by atoms with van der Waals surface area (Å²) in [6, 6.07) is 1.00. The molecular weight excluding hydrogens is 372 g/mol. The molecule has 2 aromatic rings. The first-order valence-corrected chi connectivity index (χ1v) is 10.7. The molecule has 0 aromatic carbocycles. The summed E-state index contributed by atoms with van der Waals surface area (Å²) in [5.41, 5.74) is 0.793. The monoisotopic (exact) mass is 396 g/mol. The van der Waals surface area contributed by atoms with E-state index < -0.39 is 16.1 Å². The minimum Gasteiger partial charge on any atom is -0.339 e. The Morgan fingerprint density at radius 1 is 1.41 bits per heavy atom. The first kappa shape index (κ1) is 19.5. The highest BCUT2D eigenvalue weighted by Gasteiger charge is 2.39. The van der Waals surface area contributed by atoms with Crippen molar-refractivity contribution >= 4 is 21.7 Å². The largest absolute Gasteiger partial charge is 0.339 e. The van der Waals surface area contributed by atoms with Crippen LogP contribution in [-0.2, 0) is 34.8 Å². The predicted molar refractivity (Wildman–Crippen MR) is 97.4 cm³/mol. The van der Waals surface area contributed by atoms with Crippen molar-refractivity contribution in [3.63, 3.8) is 0 Å². The Morgan fingerprint density at radius 3 is 2.70 bits per heavy atom. The number of piperidine rings is 1. The molecule has 0 bridgehead atoms. The van der Waals surface area contributed by atoms with Crippen LogP contribution in [0.15, 0.2) is 10.6 Å². The normalized spacial score (nSPS) is 18.5. The third-order valence-electron chi connectivity index (χ3n) is 4.55. The Bertz CT molecular complexity index is 935. The van der Waals surface area contributed by atoms with E-state index in [1.54, 1.807) is 16.6 Å². The molecular formula is C16H24N6O4S. The molecule has 11 heteroatoms. The summed E-state index contributed by atoms with van der Waals surface area (Å²) < 4.78 is 32.7. The van der Waals surface area contributed by atoms with Crippen LogP contribution >= 0.6 is 0 Å². The molecule has 1 saturated heterocycles. The second kappa shape index (κ2) is 7.39. The van der Waals surface area contributed by atoms with E-state index in [0.717, 1.165) is 16.3 Å². The average molecular weight is 396 g/mol. The van der Waals surface area contributed by atoms with E-state index in [1.165, 1.54) is 0 Å². The zero-order valence-corrected chi connectivity index (χ0v) is 16.7. The molecule has 27 heavy (non-hydrogen) atoms. The van der Waals surface area contributed by atoms with E-state index in [4.69, 9.17) is 4.52 Å². The van der Waals surface area contributed by atoms with Crippen LogP contribution in [0.5, 0.6) is 0 Å². The van der Waals surface area contributed by atoms with Gasteiger partial charge in [0.1, 0.15) is 11.9 Å². The number of anilines is 1. The van der Waals surface area contributed by atoms with Gasteiger partial charge in [-0.1, -0.05) is 12.1 Å². The molecule has 3 rings (SSSR count). The van der Waals surface area contributed by atoms with Gasteiger partial charge in [-0.25, -0.2) is 8.42 Å². The van der Waals surface area contributed by atoms with Crippen molar-refractivity contribution in [2.75, 3.05) is 17.7 Å². The van der Waals surface area contributed by atoms with Crippen molar-refractivity contribution < 1.29 is 17.7 Å². The van der Waals surface area contributed by atoms with Crippen molar-refractivity contribution in [1.82, 2.24) is 24.2 Å². The third kappa shape index (κ3) is 4.03. The number of nitrogens with zero attached hydrogens (tertiary/aromatic N) is 6. The van der Waals surface area contributed by atoms with Gasteiger partial charge in [-0.15, -0.1) is 0 Å². The first-order chi connectivity index (χ1) is 12.7. The molecule has 1 aliphatic heterocycles. The number of carbonyl (C=O) groups excluding carboxylic acids is 1. The molecule has 0 N–H and O–H groups in total. The topological polar surface area (TPSA) is 114 Å². The van der Waals surface area contributed by atoms with Crippen molar-refractivity contribution in [2.24, 2.45) is 7.05 Å². The lowest BCUT2D eigenvalue weighted by Crippen LogP contribution is -2.54. The van der Waals surface area contributed by atoms with E-state index in [0.29, 0.717) is 37.5 Å². The molecule has 1 fully saturated rings. The summed E-state index contributed by atoms with van der Waals surface area (Å²) in [6.45, 7) is 4.13. The molecule has 1 atom stereocenters. The molecule has 0 aliphatic carbocycles. The molecule has 1 amide bonds. The highest BCUT2D eigenvalue weighted by atomic mass is 32.2. The molecule has 2 aromatic heterocycles. The van der Waals surface area contributed by atoms with Gasteiger partial charge in [0.2, 0.25) is 21.8 Å². The first-order valence-electron chi connectivity index (χ1n) is 8.81. The van der Waals surface area contributed by atoms with E-state index >= 15 is 0 Å². The molecule has 148 valence electrons. The fourth-order valence-electron chi connectivity index (χ4n) is 3.30. The van der Waals surface area contributed by atoms with Crippen LogP contribution < -0.4 is 4.90 Å². The zero-order valence-electron chi connectivity index (χ0n) is 15.9. The molecule has 0 radical (unpaired) electrons. The van der Waals surface area contributed by atoms with Crippen LogP contribution in [0.1, 0.15) is 37.2 Å². The number of aromatic nitrogens is 4. The van der Waals surface area contributed by atoms with E-state index in [2.05, 4.69) is 15.2 Å². The minimum absolute atomic E-state index is 0.100. The van der Waals surface area contributed by atoms with Crippen LogP contribution in [-0.4, -0.2) is 57.4 Å². The molecule has 10 nitrogen and oxygen atoms in total. The summed E-state index contributed by atoms with van der Waals surface area (Å²) in [6.07, 6.45) is 2.77. The van der Waals surface area contributed by atoms with Crippen LogP contribution in [0.25, 0.3) is 0 Å². The van der Waals surface area contributed by atoms with E-state index in [9.17, 15) is 13.2 Å². The number of aryl methyl sites for hydroxylation is 3. The van der Waals surface area contributed by atoms with Crippen LogP contribution in [0.3, 0.4) is 0 Å². The van der Waals surface area contributed by atoms with Gasteiger partial charge in [0.15, 0.2) is 5.82 Å². The van der Waals surface area contributed by atoms with Gasteiger partial charge in [0.05, 0.1) is 18.5 Å². The van der Waals surface area contributed by atoms with Crippen molar-refractivity contribution in [3.05, 3.63) is 23.5 Å². The Balaban J connectivity index is 1.89. The van der Waals surface area contributed by atoms with Gasteiger partial charge in [-0.2, -0.15) is 14.4 Å². The molecule has 0 saturated carbocycles. The fraction of sp³-hybridized carbons (Fsp3) is 0.625. The quantitative estimate of drug-likeness (QED) is 0.703. The molecule has 0 unspecified atom stereocenters. The lowest BCUT2D eigenvalue weighted by Gasteiger charge is -2.36. The summed E-state index contributed by atoms with van der Waals surface area (Å²) in [5.74, 6) is 1.07. The maximum Gasteiger partial charge on any atom is 0.246 e. The summed E-state index contributed by atoms with van der Waals surface area (Å²) >= 11 is 0. The molecule has 0 spiro atoms. The van der Waals surface area contributed by atoms with Crippen molar-refractivity contribution in [3.8, 4) is 0 Å². The van der Waals surface area contributed by atoms with Gasteiger partial charge in [-0.3, -0.25) is 14.4 Å². The Hall–Kier alpha value is -2.27.